The van der Waals surface area contributed by atoms with Gasteiger partial charge in [-0.05, 0) is 0 Å². The van der Waals surface area contributed by atoms with Gasteiger partial charge >= 0.3 is 5.97 Å². The SMILES string of the molecule is C[B]c1ncc(C(=O)O)s1. The standard InChI is InChI=1S/C5H5BNO2S/c1-6-5-7-2-3(10-5)4(8)9/h2H,1H3,(H,8,9). The van der Waals surface area contributed by atoms with Crippen LogP contribution in [0.5, 0.6) is 0 Å². The lowest BCUT2D eigenvalue weighted by Gasteiger charge is -1.80. The molecule has 10 heavy (non-hydrogen) atoms. The van der Waals surface area contributed by atoms with Gasteiger partial charge < -0.3 is 5.11 Å². The third-order valence-electron chi connectivity index (χ3n) is 0.981. The predicted octanol–water partition coefficient (Wildman–Crippen LogP) is 0.219. The number of nitrogens with zero attached hydrogens (tertiary/aromatic N) is 1. The zero-order chi connectivity index (χ0) is 7.56. The van der Waals surface area contributed by atoms with E-state index in [-0.39, 0.29) is 4.88 Å². The summed E-state index contributed by atoms with van der Waals surface area (Å²) in [6.07, 6.45) is 1.36. The predicted molar refractivity (Wildman–Crippen MR) is 40.3 cm³/mol. The zero-order valence-electron chi connectivity index (χ0n) is 5.37. The number of aromatic carboxylic acids is 1. The first-order valence-corrected chi connectivity index (χ1v) is 3.54. The van der Waals surface area contributed by atoms with E-state index in [9.17, 15) is 4.79 Å². The highest BCUT2D eigenvalue weighted by Crippen LogP contribution is 2.01. The van der Waals surface area contributed by atoms with E-state index < -0.39 is 5.97 Å². The highest BCUT2D eigenvalue weighted by Gasteiger charge is 2.06. The van der Waals surface area contributed by atoms with Gasteiger partial charge in [0.25, 0.3) is 0 Å². The molecule has 0 spiro atoms. The van der Waals surface area contributed by atoms with Crippen LogP contribution < -0.4 is 4.91 Å². The van der Waals surface area contributed by atoms with E-state index in [0.717, 1.165) is 4.91 Å². The minimum atomic E-state index is -0.911. The van der Waals surface area contributed by atoms with Gasteiger partial charge in [0, 0.05) is 4.91 Å². The third kappa shape index (κ3) is 1.36. The molecule has 0 saturated heterocycles. The Bertz CT molecular complexity index is 248. The summed E-state index contributed by atoms with van der Waals surface area (Å²) in [4.78, 5) is 15.2. The number of carboxylic acid groups (broad SMARTS) is 1. The molecule has 3 nitrogen and oxygen atoms in total. The number of carbonyl (C=O) groups is 1. The lowest BCUT2D eigenvalue weighted by atomic mass is 9.84. The van der Waals surface area contributed by atoms with Crippen LogP contribution in [0.3, 0.4) is 0 Å². The maximum absolute atomic E-state index is 10.3. The average molecular weight is 154 g/mol. The highest BCUT2D eigenvalue weighted by molar-refractivity contribution is 7.22. The Morgan fingerprint density at radius 2 is 2.60 bits per heavy atom. The lowest BCUT2D eigenvalue weighted by Crippen LogP contribution is -2.07. The molecule has 1 aromatic rings. The van der Waals surface area contributed by atoms with Gasteiger partial charge in [-0.3, -0.25) is 4.98 Å². The maximum Gasteiger partial charge on any atom is 0.347 e. The average Bonchev–Trinajstić information content (AvgIpc) is 2.34. The molecule has 1 rings (SSSR count). The second-order valence-electron chi connectivity index (χ2n) is 1.66. The Balaban J connectivity index is 2.88. The number of carboxylic acids is 1. The second kappa shape index (κ2) is 2.83. The maximum atomic E-state index is 10.3. The number of rotatable bonds is 2. The summed E-state index contributed by atoms with van der Waals surface area (Å²) in [6.45, 7) is 1.82. The Labute approximate surface area is 63.0 Å². The van der Waals surface area contributed by atoms with Crippen molar-refractivity contribution in [3.63, 3.8) is 0 Å². The summed E-state index contributed by atoms with van der Waals surface area (Å²) in [5.41, 5.74) is 0. The topological polar surface area (TPSA) is 50.2 Å². The minimum Gasteiger partial charge on any atom is -0.477 e. The Kier molecular flexibility index (Phi) is 2.06. The number of hydrogen-bond donors (Lipinski definition) is 1. The van der Waals surface area contributed by atoms with E-state index in [1.807, 2.05) is 6.82 Å². The zero-order valence-corrected chi connectivity index (χ0v) is 6.18. The molecule has 0 bridgehead atoms. The molecular formula is C5H5BNO2S. The van der Waals surface area contributed by atoms with Gasteiger partial charge in [-0.25, -0.2) is 4.79 Å². The molecule has 0 fully saturated rings. The first-order valence-electron chi connectivity index (χ1n) is 2.72. The summed E-state index contributed by atoms with van der Waals surface area (Å²) in [7, 11) is 1.77. The quantitative estimate of drug-likeness (QED) is 0.619. The van der Waals surface area contributed by atoms with Gasteiger partial charge in [-0.1, -0.05) is 6.82 Å². The smallest absolute Gasteiger partial charge is 0.347 e. The molecule has 0 aliphatic heterocycles. The second-order valence-corrected chi connectivity index (χ2v) is 2.72. The van der Waals surface area contributed by atoms with Gasteiger partial charge in [-0.15, -0.1) is 11.3 Å². The van der Waals surface area contributed by atoms with E-state index in [2.05, 4.69) is 4.98 Å². The van der Waals surface area contributed by atoms with Crippen LogP contribution in [-0.2, 0) is 0 Å². The number of thiazole rings is 1. The van der Waals surface area contributed by atoms with Gasteiger partial charge in [0.05, 0.1) is 6.20 Å². The van der Waals surface area contributed by atoms with Crippen molar-refractivity contribution < 1.29 is 9.90 Å². The van der Waals surface area contributed by atoms with Crippen molar-refractivity contribution in [2.75, 3.05) is 0 Å². The van der Waals surface area contributed by atoms with Crippen LogP contribution in [0.1, 0.15) is 9.67 Å². The lowest BCUT2D eigenvalue weighted by molar-refractivity contribution is 0.0702. The molecule has 1 heterocycles. The molecule has 0 atom stereocenters. The minimum absolute atomic E-state index is 0.285. The van der Waals surface area contributed by atoms with Crippen LogP contribution in [0, 0.1) is 0 Å². The van der Waals surface area contributed by atoms with Crippen LogP contribution in [-0.4, -0.2) is 23.3 Å². The van der Waals surface area contributed by atoms with Gasteiger partial charge in [0.15, 0.2) is 7.28 Å². The van der Waals surface area contributed by atoms with Crippen molar-refractivity contribution in [1.29, 1.82) is 0 Å². The summed E-state index contributed by atoms with van der Waals surface area (Å²) in [6, 6.07) is 0. The van der Waals surface area contributed by atoms with Crippen LogP contribution in [0.4, 0.5) is 0 Å². The molecular weight excluding hydrogens is 149 g/mol. The third-order valence-corrected chi connectivity index (χ3v) is 2.03. The Hall–Kier alpha value is -0.835. The molecule has 0 amide bonds. The summed E-state index contributed by atoms with van der Waals surface area (Å²) in [5.74, 6) is -0.911. The van der Waals surface area contributed by atoms with Crippen molar-refractivity contribution in [3.8, 4) is 0 Å². The molecule has 0 saturated carbocycles. The summed E-state index contributed by atoms with van der Waals surface area (Å²) >= 11 is 1.17. The molecule has 0 aliphatic carbocycles. The van der Waals surface area contributed by atoms with Gasteiger partial charge in [0.1, 0.15) is 4.88 Å². The molecule has 1 aromatic heterocycles. The fourth-order valence-corrected chi connectivity index (χ4v) is 1.16. The van der Waals surface area contributed by atoms with Crippen LogP contribution >= 0.6 is 11.3 Å². The van der Waals surface area contributed by atoms with Gasteiger partial charge in [0.2, 0.25) is 0 Å². The fourth-order valence-electron chi connectivity index (χ4n) is 0.520. The molecule has 0 aliphatic rings. The van der Waals surface area contributed by atoms with Gasteiger partial charge in [-0.2, -0.15) is 0 Å². The van der Waals surface area contributed by atoms with Crippen LogP contribution in [0.2, 0.25) is 6.82 Å². The monoisotopic (exact) mass is 154 g/mol. The first-order chi connectivity index (χ1) is 4.74. The molecule has 5 heteroatoms. The van der Waals surface area contributed by atoms with E-state index in [0.29, 0.717) is 0 Å². The van der Waals surface area contributed by atoms with E-state index in [4.69, 9.17) is 5.11 Å². The van der Waals surface area contributed by atoms with Crippen LogP contribution in [0.25, 0.3) is 0 Å². The van der Waals surface area contributed by atoms with Crippen molar-refractivity contribution in [3.05, 3.63) is 11.1 Å². The van der Waals surface area contributed by atoms with Crippen molar-refractivity contribution in [2.45, 2.75) is 6.82 Å². The van der Waals surface area contributed by atoms with E-state index >= 15 is 0 Å². The van der Waals surface area contributed by atoms with Crippen molar-refractivity contribution in [2.24, 2.45) is 0 Å². The normalized spacial score (nSPS) is 9.30. The first kappa shape index (κ1) is 7.27. The number of hydrogen-bond acceptors (Lipinski definition) is 3. The van der Waals surface area contributed by atoms with E-state index in [1.54, 1.807) is 7.28 Å². The molecule has 1 radical (unpaired) electrons. The Morgan fingerprint density at radius 3 is 2.90 bits per heavy atom. The van der Waals surface area contributed by atoms with Crippen LogP contribution in [0.15, 0.2) is 6.20 Å². The molecule has 51 valence electrons. The van der Waals surface area contributed by atoms with Crippen molar-refractivity contribution >= 4 is 29.5 Å². The molecule has 1 N–H and O–H groups in total. The largest absolute Gasteiger partial charge is 0.477 e. The van der Waals surface area contributed by atoms with E-state index in [1.165, 1.54) is 17.5 Å². The number of aromatic nitrogens is 1. The Morgan fingerprint density at radius 1 is 1.90 bits per heavy atom. The highest BCUT2D eigenvalue weighted by atomic mass is 32.1. The molecule has 0 aromatic carbocycles. The summed E-state index contributed by atoms with van der Waals surface area (Å²) < 4.78 is 0. The van der Waals surface area contributed by atoms with Crippen molar-refractivity contribution in [1.82, 2.24) is 4.98 Å². The summed E-state index contributed by atoms with van der Waals surface area (Å²) in [5, 5.41) is 8.45. The molecule has 0 unspecified atom stereocenters. The fraction of sp³-hybridized carbons (Fsp3) is 0.200.